The van der Waals surface area contributed by atoms with E-state index in [1.807, 2.05) is 36.4 Å². The van der Waals surface area contributed by atoms with Gasteiger partial charge in [-0.25, -0.2) is 0 Å². The van der Waals surface area contributed by atoms with Crippen molar-refractivity contribution in [3.63, 3.8) is 0 Å². The third-order valence-electron chi connectivity index (χ3n) is 3.69. The van der Waals surface area contributed by atoms with Crippen LogP contribution in [0.1, 0.15) is 17.2 Å². The highest BCUT2D eigenvalue weighted by molar-refractivity contribution is 6.31. The normalized spacial score (nSPS) is 18.1. The predicted molar refractivity (Wildman–Crippen MR) is 83.8 cm³/mol. The third-order valence-corrected chi connectivity index (χ3v) is 4.03. The van der Waals surface area contributed by atoms with E-state index >= 15 is 0 Å². The van der Waals surface area contributed by atoms with Crippen molar-refractivity contribution in [2.75, 3.05) is 13.1 Å². The predicted octanol–water partition coefficient (Wildman–Crippen LogP) is 2.97. The van der Waals surface area contributed by atoms with Crippen molar-refractivity contribution in [2.24, 2.45) is 0 Å². The zero-order valence-corrected chi connectivity index (χ0v) is 12.4. The molecule has 2 aromatic rings. The van der Waals surface area contributed by atoms with E-state index in [9.17, 15) is 5.11 Å². The minimum Gasteiger partial charge on any atom is -0.488 e. The Bertz CT molecular complexity index is 592. The van der Waals surface area contributed by atoms with Gasteiger partial charge in [-0.2, -0.15) is 0 Å². The van der Waals surface area contributed by atoms with Gasteiger partial charge in [-0.15, -0.1) is 0 Å². The number of ether oxygens (including phenoxy) is 1. The first-order valence-electron chi connectivity index (χ1n) is 7.12. The third kappa shape index (κ3) is 3.38. The summed E-state index contributed by atoms with van der Waals surface area (Å²) in [7, 11) is 0. The van der Waals surface area contributed by atoms with Crippen LogP contribution in [-0.2, 0) is 6.42 Å². The molecule has 2 aromatic carbocycles. The Morgan fingerprint density at radius 2 is 1.95 bits per heavy atom. The highest BCUT2D eigenvalue weighted by atomic mass is 35.5. The van der Waals surface area contributed by atoms with Gasteiger partial charge in [0.1, 0.15) is 11.9 Å². The zero-order valence-electron chi connectivity index (χ0n) is 11.6. The van der Waals surface area contributed by atoms with E-state index < -0.39 is 6.10 Å². The van der Waals surface area contributed by atoms with Crippen molar-refractivity contribution in [1.29, 1.82) is 0 Å². The topological polar surface area (TPSA) is 41.5 Å². The lowest BCUT2D eigenvalue weighted by molar-refractivity contribution is 0.163. The van der Waals surface area contributed by atoms with Gasteiger partial charge in [-0.3, -0.25) is 0 Å². The molecule has 3 rings (SSSR count). The van der Waals surface area contributed by atoms with Crippen molar-refractivity contribution in [2.45, 2.75) is 18.6 Å². The van der Waals surface area contributed by atoms with E-state index in [1.165, 1.54) is 5.56 Å². The number of halogens is 1. The Hall–Kier alpha value is -1.55. The molecule has 4 heteroatoms. The largest absolute Gasteiger partial charge is 0.488 e. The summed E-state index contributed by atoms with van der Waals surface area (Å²) in [6.07, 6.45) is 0.425. The molecule has 2 atom stereocenters. The molecular formula is C17H18ClNO2. The van der Waals surface area contributed by atoms with Crippen LogP contribution in [0.3, 0.4) is 0 Å². The Balaban J connectivity index is 1.48. The number of rotatable bonds is 5. The van der Waals surface area contributed by atoms with Crippen LogP contribution in [0.15, 0.2) is 48.5 Å². The van der Waals surface area contributed by atoms with Crippen LogP contribution in [0.5, 0.6) is 5.75 Å². The molecular weight excluding hydrogens is 286 g/mol. The van der Waals surface area contributed by atoms with Gasteiger partial charge < -0.3 is 15.2 Å². The number of para-hydroxylation sites is 1. The average Bonchev–Trinajstić information content (AvgIpc) is 2.90. The minimum atomic E-state index is -0.609. The maximum atomic E-state index is 10.2. The first-order chi connectivity index (χ1) is 10.2. The minimum absolute atomic E-state index is 0.126. The van der Waals surface area contributed by atoms with E-state index in [0.29, 0.717) is 18.1 Å². The maximum absolute atomic E-state index is 10.2. The molecule has 1 aliphatic rings. The lowest BCUT2D eigenvalue weighted by Gasteiger charge is -2.16. The fourth-order valence-electron chi connectivity index (χ4n) is 2.60. The first kappa shape index (κ1) is 14.4. The van der Waals surface area contributed by atoms with Crippen LogP contribution in [0, 0.1) is 0 Å². The summed E-state index contributed by atoms with van der Waals surface area (Å²) >= 11 is 6.07. The molecule has 0 radical (unpaired) electrons. The summed E-state index contributed by atoms with van der Waals surface area (Å²) < 4.78 is 5.85. The summed E-state index contributed by atoms with van der Waals surface area (Å²) in [6.45, 7) is 1.16. The standard InChI is InChI=1S/C17H18ClNO2/c18-15-7-3-2-6-14(15)16(20)11-19-10-13-9-12-5-1-4-8-17(12)21-13/h1-8,13,16,19-20H,9-11H2. The molecule has 0 bridgehead atoms. The van der Waals surface area contributed by atoms with Gasteiger partial charge in [-0.05, 0) is 17.7 Å². The molecule has 3 nitrogen and oxygen atoms in total. The van der Waals surface area contributed by atoms with E-state index in [2.05, 4.69) is 11.4 Å². The highest BCUT2D eigenvalue weighted by Gasteiger charge is 2.22. The van der Waals surface area contributed by atoms with Gasteiger partial charge in [0.05, 0.1) is 6.10 Å². The van der Waals surface area contributed by atoms with Gasteiger partial charge >= 0.3 is 0 Å². The van der Waals surface area contributed by atoms with Gasteiger partial charge in [0.25, 0.3) is 0 Å². The number of nitrogens with one attached hydrogen (secondary N) is 1. The summed E-state index contributed by atoms with van der Waals surface area (Å²) in [5.41, 5.74) is 2.00. The molecule has 110 valence electrons. The molecule has 0 saturated carbocycles. The van der Waals surface area contributed by atoms with Gasteiger partial charge in [0, 0.05) is 30.1 Å². The van der Waals surface area contributed by atoms with Crippen LogP contribution in [0.4, 0.5) is 0 Å². The number of aliphatic hydroxyl groups excluding tert-OH is 1. The van der Waals surface area contributed by atoms with Crippen molar-refractivity contribution < 1.29 is 9.84 Å². The van der Waals surface area contributed by atoms with Crippen molar-refractivity contribution >= 4 is 11.6 Å². The molecule has 0 aromatic heterocycles. The van der Waals surface area contributed by atoms with Crippen LogP contribution < -0.4 is 10.1 Å². The molecule has 1 heterocycles. The average molecular weight is 304 g/mol. The SMILES string of the molecule is OC(CNCC1Cc2ccccc2O1)c1ccccc1Cl. The van der Waals surface area contributed by atoms with E-state index in [1.54, 1.807) is 6.07 Å². The van der Waals surface area contributed by atoms with Crippen molar-refractivity contribution in [3.05, 3.63) is 64.7 Å². The van der Waals surface area contributed by atoms with Gasteiger partial charge in [0.2, 0.25) is 0 Å². The molecule has 21 heavy (non-hydrogen) atoms. The number of fused-ring (bicyclic) bond motifs is 1. The number of aliphatic hydroxyl groups is 1. The molecule has 1 aliphatic heterocycles. The summed E-state index contributed by atoms with van der Waals surface area (Å²) in [4.78, 5) is 0. The van der Waals surface area contributed by atoms with Crippen LogP contribution in [0.2, 0.25) is 5.02 Å². The Morgan fingerprint density at radius 3 is 2.76 bits per heavy atom. The zero-order chi connectivity index (χ0) is 14.7. The summed E-state index contributed by atoms with van der Waals surface area (Å²) in [6, 6.07) is 15.5. The van der Waals surface area contributed by atoms with Crippen LogP contribution >= 0.6 is 11.6 Å². The lowest BCUT2D eigenvalue weighted by Crippen LogP contribution is -2.32. The molecule has 0 aliphatic carbocycles. The van der Waals surface area contributed by atoms with Crippen LogP contribution in [-0.4, -0.2) is 24.3 Å². The Morgan fingerprint density at radius 1 is 1.19 bits per heavy atom. The Kier molecular flexibility index (Phi) is 4.44. The molecule has 0 spiro atoms. The molecule has 2 N–H and O–H groups in total. The van der Waals surface area contributed by atoms with Crippen LogP contribution in [0.25, 0.3) is 0 Å². The molecule has 0 fully saturated rings. The molecule has 0 amide bonds. The van der Waals surface area contributed by atoms with Crippen molar-refractivity contribution in [3.8, 4) is 5.75 Å². The van der Waals surface area contributed by atoms with Crippen molar-refractivity contribution in [1.82, 2.24) is 5.32 Å². The smallest absolute Gasteiger partial charge is 0.123 e. The second-order valence-corrected chi connectivity index (χ2v) is 5.65. The van der Waals surface area contributed by atoms with E-state index in [-0.39, 0.29) is 6.10 Å². The van der Waals surface area contributed by atoms with E-state index in [0.717, 1.165) is 17.7 Å². The monoisotopic (exact) mass is 303 g/mol. The quantitative estimate of drug-likeness (QED) is 0.892. The van der Waals surface area contributed by atoms with E-state index in [4.69, 9.17) is 16.3 Å². The number of hydrogen-bond acceptors (Lipinski definition) is 3. The molecule has 0 saturated heterocycles. The fourth-order valence-corrected chi connectivity index (χ4v) is 2.87. The number of benzene rings is 2. The second-order valence-electron chi connectivity index (χ2n) is 5.25. The number of hydrogen-bond donors (Lipinski definition) is 2. The van der Waals surface area contributed by atoms with Gasteiger partial charge in [0.15, 0.2) is 0 Å². The fraction of sp³-hybridized carbons (Fsp3) is 0.294. The second kappa shape index (κ2) is 6.48. The lowest BCUT2D eigenvalue weighted by atomic mass is 10.1. The first-order valence-corrected chi connectivity index (χ1v) is 7.49. The Labute approximate surface area is 129 Å². The maximum Gasteiger partial charge on any atom is 0.123 e. The summed E-state index contributed by atoms with van der Waals surface area (Å²) in [5.74, 6) is 0.968. The van der Waals surface area contributed by atoms with Gasteiger partial charge in [-0.1, -0.05) is 48.0 Å². The highest BCUT2D eigenvalue weighted by Crippen LogP contribution is 2.28. The summed E-state index contributed by atoms with van der Waals surface area (Å²) in [5, 5.41) is 14.0. The molecule has 2 unspecified atom stereocenters.